The summed E-state index contributed by atoms with van der Waals surface area (Å²) in [6, 6.07) is 3.86. The van der Waals surface area contributed by atoms with Crippen LogP contribution in [0.2, 0.25) is 5.15 Å². The molecule has 0 fully saturated rings. The Bertz CT molecular complexity index is 1140. The first-order valence-corrected chi connectivity index (χ1v) is 10.0. The summed E-state index contributed by atoms with van der Waals surface area (Å²) in [5, 5.41) is 0.252. The molecule has 148 valence electrons. The first-order valence-electron chi connectivity index (χ1n) is 7.98. The Hall–Kier alpha value is -2.46. The summed E-state index contributed by atoms with van der Waals surface area (Å²) < 4.78 is 65.6. The number of halogens is 4. The Morgan fingerprint density at radius 2 is 1.86 bits per heavy atom. The molecule has 0 saturated heterocycles. The molecule has 0 unspecified atom stereocenters. The number of imidazole rings is 1. The summed E-state index contributed by atoms with van der Waals surface area (Å²) in [5.74, 6) is -0.260. The maximum Gasteiger partial charge on any atom is 0.417 e. The normalized spacial score (nSPS) is 12.4. The van der Waals surface area contributed by atoms with Crippen molar-refractivity contribution in [3.63, 3.8) is 0 Å². The molecule has 0 aliphatic carbocycles. The highest BCUT2D eigenvalue weighted by atomic mass is 35.5. The Morgan fingerprint density at radius 3 is 2.46 bits per heavy atom. The van der Waals surface area contributed by atoms with Crippen LogP contribution in [-0.4, -0.2) is 33.7 Å². The number of aromatic nitrogens is 4. The SMILES string of the molecule is CCS(=O)(=O)c1cc(C(F)(F)F)cnc1-c1ncc(-c2ccnc(Cl)c2)n1C. The van der Waals surface area contributed by atoms with Crippen molar-refractivity contribution in [3.8, 4) is 22.8 Å². The molecule has 0 amide bonds. The summed E-state index contributed by atoms with van der Waals surface area (Å²) in [5.41, 5.74) is -0.0590. The van der Waals surface area contributed by atoms with Crippen molar-refractivity contribution in [2.24, 2.45) is 7.05 Å². The van der Waals surface area contributed by atoms with E-state index in [1.165, 1.54) is 23.9 Å². The molecule has 28 heavy (non-hydrogen) atoms. The monoisotopic (exact) mass is 430 g/mol. The minimum Gasteiger partial charge on any atom is -0.326 e. The maximum absolute atomic E-state index is 13.1. The lowest BCUT2D eigenvalue weighted by Crippen LogP contribution is -2.13. The second-order valence-electron chi connectivity index (χ2n) is 5.87. The Kier molecular flexibility index (Phi) is 5.20. The van der Waals surface area contributed by atoms with E-state index in [4.69, 9.17) is 11.6 Å². The van der Waals surface area contributed by atoms with E-state index in [0.717, 1.165) is 0 Å². The number of hydrogen-bond donors (Lipinski definition) is 0. The van der Waals surface area contributed by atoms with Crippen LogP contribution in [0.5, 0.6) is 0 Å². The van der Waals surface area contributed by atoms with Crippen molar-refractivity contribution in [1.82, 2.24) is 19.5 Å². The van der Waals surface area contributed by atoms with Gasteiger partial charge in [0.2, 0.25) is 0 Å². The van der Waals surface area contributed by atoms with Gasteiger partial charge in [0.25, 0.3) is 0 Å². The average molecular weight is 431 g/mol. The largest absolute Gasteiger partial charge is 0.417 e. The number of alkyl halides is 3. The van der Waals surface area contributed by atoms with Gasteiger partial charge in [-0.3, -0.25) is 4.98 Å². The predicted octanol–water partition coefficient (Wildman–Crippen LogP) is 4.01. The molecule has 3 aromatic rings. The van der Waals surface area contributed by atoms with Gasteiger partial charge in [0.05, 0.1) is 28.1 Å². The molecule has 0 bridgehead atoms. The van der Waals surface area contributed by atoms with E-state index in [0.29, 0.717) is 23.5 Å². The lowest BCUT2D eigenvalue weighted by molar-refractivity contribution is -0.138. The second-order valence-corrected chi connectivity index (χ2v) is 8.50. The molecule has 0 aliphatic heterocycles. The molecule has 0 radical (unpaired) electrons. The zero-order valence-electron chi connectivity index (χ0n) is 14.7. The van der Waals surface area contributed by atoms with Crippen molar-refractivity contribution in [2.45, 2.75) is 18.0 Å². The van der Waals surface area contributed by atoms with Crippen molar-refractivity contribution >= 4 is 21.4 Å². The van der Waals surface area contributed by atoms with Crippen LogP contribution < -0.4 is 0 Å². The molecule has 0 spiro atoms. The van der Waals surface area contributed by atoms with Gasteiger partial charge >= 0.3 is 6.18 Å². The minimum absolute atomic E-state index is 0.115. The zero-order chi connectivity index (χ0) is 20.7. The molecular weight excluding hydrogens is 417 g/mol. The molecule has 0 atom stereocenters. The minimum atomic E-state index is -4.72. The molecule has 6 nitrogen and oxygen atoms in total. The third kappa shape index (κ3) is 3.74. The third-order valence-electron chi connectivity index (χ3n) is 4.12. The van der Waals surface area contributed by atoms with Crippen LogP contribution in [0.4, 0.5) is 13.2 Å². The number of rotatable bonds is 4. The van der Waals surface area contributed by atoms with E-state index in [-0.39, 0.29) is 22.4 Å². The number of sulfone groups is 1. The van der Waals surface area contributed by atoms with Gasteiger partial charge in [0.15, 0.2) is 15.7 Å². The predicted molar refractivity (Wildman–Crippen MR) is 97.4 cm³/mol. The third-order valence-corrected chi connectivity index (χ3v) is 6.07. The Labute approximate surface area is 164 Å². The topological polar surface area (TPSA) is 77.7 Å². The van der Waals surface area contributed by atoms with E-state index in [1.54, 1.807) is 19.2 Å². The van der Waals surface area contributed by atoms with Gasteiger partial charge in [-0.25, -0.2) is 18.4 Å². The van der Waals surface area contributed by atoms with Crippen LogP contribution in [-0.2, 0) is 23.1 Å². The Balaban J connectivity index is 2.22. The van der Waals surface area contributed by atoms with Crippen LogP contribution in [0.15, 0.2) is 41.7 Å². The molecule has 3 heterocycles. The van der Waals surface area contributed by atoms with Gasteiger partial charge in [-0.1, -0.05) is 18.5 Å². The fourth-order valence-electron chi connectivity index (χ4n) is 2.62. The standard InChI is InChI=1S/C17H14ClF3N4O2S/c1-3-28(26,27)13-7-11(17(19,20)21)8-23-15(13)16-24-9-12(25(16)2)10-4-5-22-14(18)6-10/h4-9H,3H2,1-2H3. The fraction of sp³-hybridized carbons (Fsp3) is 0.235. The highest BCUT2D eigenvalue weighted by Gasteiger charge is 2.34. The van der Waals surface area contributed by atoms with Crippen LogP contribution >= 0.6 is 11.6 Å². The van der Waals surface area contributed by atoms with Crippen LogP contribution in [0, 0.1) is 0 Å². The van der Waals surface area contributed by atoms with Crippen LogP contribution in [0.3, 0.4) is 0 Å². The Morgan fingerprint density at radius 1 is 1.14 bits per heavy atom. The molecule has 0 saturated carbocycles. The van der Waals surface area contributed by atoms with Gasteiger partial charge in [-0.2, -0.15) is 13.2 Å². The summed E-state index contributed by atoms with van der Waals surface area (Å²) in [6.45, 7) is 1.35. The molecular formula is C17H14ClF3N4O2S. The van der Waals surface area contributed by atoms with Gasteiger partial charge in [0.1, 0.15) is 10.8 Å². The molecule has 3 rings (SSSR count). The number of nitrogens with zero attached hydrogens (tertiary/aromatic N) is 4. The summed E-state index contributed by atoms with van der Waals surface area (Å²) in [6.07, 6.45) is -1.16. The van der Waals surface area contributed by atoms with Crippen molar-refractivity contribution in [2.75, 3.05) is 5.75 Å². The summed E-state index contributed by atoms with van der Waals surface area (Å²) in [4.78, 5) is 11.3. The van der Waals surface area contributed by atoms with Gasteiger partial charge in [-0.15, -0.1) is 0 Å². The number of pyridine rings is 2. The highest BCUT2D eigenvalue weighted by molar-refractivity contribution is 7.91. The first-order chi connectivity index (χ1) is 13.0. The van der Waals surface area contributed by atoms with Crippen LogP contribution in [0.25, 0.3) is 22.8 Å². The van der Waals surface area contributed by atoms with Crippen molar-refractivity contribution < 1.29 is 21.6 Å². The maximum atomic E-state index is 13.1. The average Bonchev–Trinajstić information content (AvgIpc) is 3.01. The lowest BCUT2D eigenvalue weighted by Gasteiger charge is -2.13. The van der Waals surface area contributed by atoms with Gasteiger partial charge in [-0.05, 0) is 18.2 Å². The van der Waals surface area contributed by atoms with E-state index in [2.05, 4.69) is 15.0 Å². The van der Waals surface area contributed by atoms with E-state index >= 15 is 0 Å². The van der Waals surface area contributed by atoms with Gasteiger partial charge < -0.3 is 4.57 Å². The first kappa shape index (κ1) is 20.3. The highest BCUT2D eigenvalue weighted by Crippen LogP contribution is 2.35. The molecule has 0 N–H and O–H groups in total. The van der Waals surface area contributed by atoms with Crippen molar-refractivity contribution in [1.29, 1.82) is 0 Å². The van der Waals surface area contributed by atoms with Gasteiger partial charge in [0, 0.05) is 25.0 Å². The van der Waals surface area contributed by atoms with Crippen LogP contribution in [0.1, 0.15) is 12.5 Å². The number of hydrogen-bond acceptors (Lipinski definition) is 5. The van der Waals surface area contributed by atoms with E-state index < -0.39 is 26.5 Å². The quantitative estimate of drug-likeness (QED) is 0.584. The molecule has 0 aliphatic rings. The van der Waals surface area contributed by atoms with E-state index in [1.807, 2.05) is 0 Å². The summed E-state index contributed by atoms with van der Waals surface area (Å²) >= 11 is 5.90. The molecule has 3 aromatic heterocycles. The van der Waals surface area contributed by atoms with Crippen molar-refractivity contribution in [3.05, 3.63) is 47.5 Å². The lowest BCUT2D eigenvalue weighted by atomic mass is 10.2. The zero-order valence-corrected chi connectivity index (χ0v) is 16.3. The fourth-order valence-corrected chi connectivity index (χ4v) is 3.85. The molecule has 0 aromatic carbocycles. The summed E-state index contributed by atoms with van der Waals surface area (Å²) in [7, 11) is -2.38. The molecule has 11 heteroatoms. The van der Waals surface area contributed by atoms with E-state index in [9.17, 15) is 21.6 Å². The smallest absolute Gasteiger partial charge is 0.326 e. The second kappa shape index (κ2) is 7.17.